The fourth-order valence-electron chi connectivity index (χ4n) is 1.55. The Balaban J connectivity index is 2.63. The van der Waals surface area contributed by atoms with Crippen molar-refractivity contribution in [2.24, 2.45) is 0 Å². The fraction of sp³-hybridized carbons (Fsp3) is 0.455. The number of hydrogen-bond donors (Lipinski definition) is 1. The Bertz CT molecular complexity index is 387. The van der Waals surface area contributed by atoms with Crippen LogP contribution in [0, 0.1) is 10.1 Å². The van der Waals surface area contributed by atoms with Crippen LogP contribution in [0.3, 0.4) is 0 Å². The van der Waals surface area contributed by atoms with E-state index in [0.717, 1.165) is 30.1 Å². The molecule has 0 bridgehead atoms. The molecule has 5 heteroatoms. The Kier molecular flexibility index (Phi) is 4.64. The third kappa shape index (κ3) is 3.75. The number of hydrogen-bond acceptors (Lipinski definition) is 3. The highest BCUT2D eigenvalue weighted by molar-refractivity contribution is 7.15. The molecule has 0 aliphatic heterocycles. The van der Waals surface area contributed by atoms with Crippen molar-refractivity contribution in [1.29, 1.82) is 0 Å². The van der Waals surface area contributed by atoms with Crippen LogP contribution in [0.1, 0.15) is 18.7 Å². The number of rotatable bonds is 6. The molecule has 0 saturated heterocycles. The zero-order valence-corrected chi connectivity index (χ0v) is 10.5. The lowest BCUT2D eigenvalue weighted by Gasteiger charge is -2.16. The number of nitrogens with zero attached hydrogens (tertiary/aromatic N) is 1. The largest absolute Gasteiger partial charge is 0.327 e. The average Bonchev–Trinajstić information content (AvgIpc) is 2.64. The highest BCUT2D eigenvalue weighted by Gasteiger charge is 2.14. The summed E-state index contributed by atoms with van der Waals surface area (Å²) in [6.07, 6.45) is 0. The van der Waals surface area contributed by atoms with Gasteiger partial charge in [-0.05, 0) is 25.5 Å². The zero-order valence-electron chi connectivity index (χ0n) is 9.66. The van der Waals surface area contributed by atoms with Gasteiger partial charge in [0.2, 0.25) is 0 Å². The molecule has 4 nitrogen and oxygen atoms in total. The summed E-state index contributed by atoms with van der Waals surface area (Å²) < 4.78 is 0. The number of nitrogens with one attached hydrogen (secondary N) is 1. The Labute approximate surface area is 99.3 Å². The molecule has 1 heterocycles. The maximum absolute atomic E-state index is 10.5. The van der Waals surface area contributed by atoms with Crippen LogP contribution < -0.4 is 4.90 Å². The summed E-state index contributed by atoms with van der Waals surface area (Å²) in [6.45, 7) is 10.8. The lowest BCUT2D eigenvalue weighted by molar-refractivity contribution is -0.907. The van der Waals surface area contributed by atoms with E-state index >= 15 is 0 Å². The Morgan fingerprint density at radius 2 is 2.31 bits per heavy atom. The fourth-order valence-corrected chi connectivity index (χ4v) is 2.44. The van der Waals surface area contributed by atoms with Gasteiger partial charge in [-0.25, -0.2) is 0 Å². The molecule has 0 saturated carbocycles. The molecular formula is C11H17N2O2S+. The van der Waals surface area contributed by atoms with Gasteiger partial charge in [-0.1, -0.05) is 17.9 Å². The zero-order chi connectivity index (χ0) is 12.1. The van der Waals surface area contributed by atoms with Crippen molar-refractivity contribution in [2.75, 3.05) is 13.1 Å². The number of nitro groups is 1. The lowest BCUT2D eigenvalue weighted by Crippen LogP contribution is -3.10. The number of quaternary nitrogens is 1. The van der Waals surface area contributed by atoms with Crippen LogP contribution in [0.2, 0.25) is 0 Å². The van der Waals surface area contributed by atoms with Crippen LogP contribution in [0.15, 0.2) is 24.3 Å². The van der Waals surface area contributed by atoms with Crippen LogP contribution in [-0.2, 0) is 6.54 Å². The summed E-state index contributed by atoms with van der Waals surface area (Å²) in [7, 11) is 0. The van der Waals surface area contributed by atoms with E-state index in [0.29, 0.717) is 0 Å². The molecule has 88 valence electrons. The molecule has 0 aromatic carbocycles. The third-order valence-electron chi connectivity index (χ3n) is 2.30. The molecule has 1 unspecified atom stereocenters. The van der Waals surface area contributed by atoms with E-state index in [1.807, 2.05) is 13.0 Å². The van der Waals surface area contributed by atoms with Gasteiger partial charge in [-0.15, -0.1) is 0 Å². The highest BCUT2D eigenvalue weighted by Crippen LogP contribution is 2.22. The van der Waals surface area contributed by atoms with Gasteiger partial charge in [-0.2, -0.15) is 0 Å². The van der Waals surface area contributed by atoms with E-state index in [9.17, 15) is 10.1 Å². The second-order valence-electron chi connectivity index (χ2n) is 3.91. The molecule has 1 N–H and O–H groups in total. The Morgan fingerprint density at radius 1 is 1.62 bits per heavy atom. The third-order valence-corrected chi connectivity index (χ3v) is 3.34. The molecular weight excluding hydrogens is 224 g/mol. The first-order chi connectivity index (χ1) is 7.52. The van der Waals surface area contributed by atoms with Crippen molar-refractivity contribution in [2.45, 2.75) is 20.4 Å². The SMILES string of the molecule is C=C(C)C[NH+](CC)Cc1ccc([N+](=O)[O-])s1. The van der Waals surface area contributed by atoms with Gasteiger partial charge >= 0.3 is 5.00 Å². The predicted octanol–water partition coefficient (Wildman–Crippen LogP) is 1.64. The molecule has 0 spiro atoms. The van der Waals surface area contributed by atoms with Crippen LogP contribution in [0.5, 0.6) is 0 Å². The van der Waals surface area contributed by atoms with Crippen molar-refractivity contribution in [3.05, 3.63) is 39.3 Å². The standard InChI is InChI=1S/C11H16N2O2S/c1-4-12(7-9(2)3)8-10-5-6-11(16-10)13(14)15/h5-6H,2,4,7-8H2,1,3H3/p+1. The smallest absolute Gasteiger partial charge is 0.324 e. The molecule has 0 radical (unpaired) electrons. The lowest BCUT2D eigenvalue weighted by atomic mass is 10.3. The van der Waals surface area contributed by atoms with Gasteiger partial charge in [-0.3, -0.25) is 10.1 Å². The van der Waals surface area contributed by atoms with Crippen LogP contribution in [0.4, 0.5) is 5.00 Å². The van der Waals surface area contributed by atoms with Crippen LogP contribution in [0.25, 0.3) is 0 Å². The Morgan fingerprint density at radius 3 is 2.75 bits per heavy atom. The van der Waals surface area contributed by atoms with Crippen molar-refractivity contribution in [1.82, 2.24) is 0 Å². The molecule has 0 aliphatic rings. The Hall–Kier alpha value is -1.20. The van der Waals surface area contributed by atoms with Gasteiger partial charge in [0.05, 0.1) is 22.9 Å². The topological polar surface area (TPSA) is 47.6 Å². The van der Waals surface area contributed by atoms with Crippen molar-refractivity contribution in [3.8, 4) is 0 Å². The minimum atomic E-state index is -0.335. The molecule has 1 atom stereocenters. The second kappa shape index (κ2) is 5.77. The minimum absolute atomic E-state index is 0.223. The van der Waals surface area contributed by atoms with Gasteiger partial charge in [0, 0.05) is 6.07 Å². The first-order valence-electron chi connectivity index (χ1n) is 5.24. The molecule has 0 amide bonds. The van der Waals surface area contributed by atoms with E-state index in [4.69, 9.17) is 0 Å². The van der Waals surface area contributed by atoms with Gasteiger partial charge in [0.1, 0.15) is 6.54 Å². The molecule has 0 fully saturated rings. The highest BCUT2D eigenvalue weighted by atomic mass is 32.1. The van der Waals surface area contributed by atoms with Crippen molar-refractivity contribution in [3.63, 3.8) is 0 Å². The van der Waals surface area contributed by atoms with Crippen molar-refractivity contribution < 1.29 is 9.82 Å². The van der Waals surface area contributed by atoms with Gasteiger partial charge in [0.15, 0.2) is 0 Å². The quantitative estimate of drug-likeness (QED) is 0.467. The van der Waals surface area contributed by atoms with E-state index in [2.05, 4.69) is 13.5 Å². The molecule has 1 rings (SSSR count). The molecule has 16 heavy (non-hydrogen) atoms. The summed E-state index contributed by atoms with van der Waals surface area (Å²) in [4.78, 5) is 12.6. The van der Waals surface area contributed by atoms with Crippen molar-refractivity contribution >= 4 is 16.3 Å². The first-order valence-corrected chi connectivity index (χ1v) is 6.05. The number of likely N-dealkylation sites (N-methyl/N-ethyl adjacent to an activating group) is 1. The van der Waals surface area contributed by atoms with Crippen LogP contribution in [-0.4, -0.2) is 18.0 Å². The monoisotopic (exact) mass is 241 g/mol. The number of thiophene rings is 1. The average molecular weight is 241 g/mol. The summed E-state index contributed by atoms with van der Waals surface area (Å²) in [5.74, 6) is 0. The second-order valence-corrected chi connectivity index (χ2v) is 5.06. The molecule has 1 aromatic heterocycles. The summed E-state index contributed by atoms with van der Waals surface area (Å²) in [5.41, 5.74) is 1.14. The predicted molar refractivity (Wildman–Crippen MR) is 65.9 cm³/mol. The van der Waals surface area contributed by atoms with E-state index in [1.165, 1.54) is 16.2 Å². The first kappa shape index (κ1) is 12.9. The van der Waals surface area contributed by atoms with Crippen LogP contribution >= 0.6 is 11.3 Å². The maximum Gasteiger partial charge on any atom is 0.324 e. The van der Waals surface area contributed by atoms with E-state index in [1.54, 1.807) is 6.07 Å². The van der Waals surface area contributed by atoms with E-state index < -0.39 is 0 Å². The maximum atomic E-state index is 10.5. The normalized spacial score (nSPS) is 12.4. The minimum Gasteiger partial charge on any atom is -0.327 e. The van der Waals surface area contributed by atoms with Gasteiger partial charge in [0.25, 0.3) is 0 Å². The molecule has 0 aliphatic carbocycles. The van der Waals surface area contributed by atoms with Gasteiger partial charge < -0.3 is 4.90 Å². The summed E-state index contributed by atoms with van der Waals surface area (Å²) >= 11 is 1.26. The van der Waals surface area contributed by atoms with E-state index in [-0.39, 0.29) is 9.92 Å². The summed E-state index contributed by atoms with van der Waals surface area (Å²) in [5, 5.41) is 10.8. The molecule has 1 aromatic rings. The summed E-state index contributed by atoms with van der Waals surface area (Å²) in [6, 6.07) is 3.42.